The van der Waals surface area contributed by atoms with E-state index < -0.39 is 6.04 Å². The molecule has 2 N–H and O–H groups in total. The molecule has 0 aliphatic carbocycles. The Morgan fingerprint density at radius 3 is 2.57 bits per heavy atom. The number of carbonyl (C=O) groups excluding carboxylic acids is 1. The fourth-order valence-corrected chi connectivity index (χ4v) is 4.47. The Balaban J connectivity index is 1.59. The van der Waals surface area contributed by atoms with Gasteiger partial charge >= 0.3 is 6.03 Å². The Morgan fingerprint density at radius 2 is 1.77 bits per heavy atom. The largest absolute Gasteiger partial charge is 0.356 e. The molecule has 1 aliphatic heterocycles. The number of urea groups is 1. The molecule has 1 atom stereocenters. The zero-order valence-corrected chi connectivity index (χ0v) is 17.6. The highest BCUT2D eigenvalue weighted by molar-refractivity contribution is 9.10. The first-order valence-electron chi connectivity index (χ1n) is 9.79. The van der Waals surface area contributed by atoms with Gasteiger partial charge < -0.3 is 15.2 Å². The number of hydrogen-bond donors (Lipinski definition) is 2. The second kappa shape index (κ2) is 7.61. The standard InChI is InChI=1S/C24H19BrFN3O/c25-15-9-11-16(12-10-15)27-24(30)29-14-13-18-17-5-2-4-8-21(17)28-22(18)23(29)19-6-1-3-7-20(19)26/h1-12,23,28H,13-14H2,(H,27,30)/t23-/m0/s1. The van der Waals surface area contributed by atoms with Crippen LogP contribution in [0.5, 0.6) is 0 Å². The number of aromatic nitrogens is 1. The van der Waals surface area contributed by atoms with Crippen molar-refractivity contribution >= 4 is 38.6 Å². The molecular formula is C24H19BrFN3O. The quantitative estimate of drug-likeness (QED) is 0.362. The van der Waals surface area contributed by atoms with Crippen LogP contribution < -0.4 is 5.32 Å². The first-order chi connectivity index (χ1) is 14.6. The van der Waals surface area contributed by atoms with Gasteiger partial charge in [-0.15, -0.1) is 0 Å². The molecule has 5 rings (SSSR count). The SMILES string of the molecule is O=C(Nc1ccc(Br)cc1)N1CCc2c([nH]c3ccccc23)[C@@H]1c1ccccc1F. The molecule has 6 heteroatoms. The molecule has 1 aromatic heterocycles. The summed E-state index contributed by atoms with van der Waals surface area (Å²) in [6, 6.07) is 21.3. The lowest BCUT2D eigenvalue weighted by Crippen LogP contribution is -2.43. The van der Waals surface area contributed by atoms with Gasteiger partial charge in [0, 0.05) is 38.9 Å². The number of aromatic amines is 1. The van der Waals surface area contributed by atoms with Crippen molar-refractivity contribution in [2.75, 3.05) is 11.9 Å². The van der Waals surface area contributed by atoms with Gasteiger partial charge in [-0.3, -0.25) is 0 Å². The molecule has 0 saturated heterocycles. The van der Waals surface area contributed by atoms with Gasteiger partial charge in [0.2, 0.25) is 0 Å². The van der Waals surface area contributed by atoms with E-state index in [-0.39, 0.29) is 11.8 Å². The van der Waals surface area contributed by atoms with E-state index >= 15 is 0 Å². The summed E-state index contributed by atoms with van der Waals surface area (Å²) in [5.41, 5.74) is 4.19. The Kier molecular flexibility index (Phi) is 4.79. The number of halogens is 2. The molecular weight excluding hydrogens is 445 g/mol. The zero-order chi connectivity index (χ0) is 20.7. The Bertz CT molecular complexity index is 1230. The van der Waals surface area contributed by atoms with E-state index in [1.54, 1.807) is 23.1 Å². The van der Waals surface area contributed by atoms with E-state index in [1.165, 1.54) is 6.07 Å². The van der Waals surface area contributed by atoms with E-state index in [0.717, 1.165) is 26.6 Å². The van der Waals surface area contributed by atoms with Crippen LogP contribution >= 0.6 is 15.9 Å². The first-order valence-corrected chi connectivity index (χ1v) is 10.6. The topological polar surface area (TPSA) is 48.1 Å². The number of nitrogens with one attached hydrogen (secondary N) is 2. The third-order valence-corrected chi connectivity index (χ3v) is 6.12. The van der Waals surface area contributed by atoms with Gasteiger partial charge in [0.25, 0.3) is 0 Å². The molecule has 2 heterocycles. The fraction of sp³-hybridized carbons (Fsp3) is 0.125. The van der Waals surface area contributed by atoms with Gasteiger partial charge in [-0.2, -0.15) is 0 Å². The summed E-state index contributed by atoms with van der Waals surface area (Å²) < 4.78 is 15.8. The number of H-pyrrole nitrogens is 1. The van der Waals surface area contributed by atoms with E-state index in [1.807, 2.05) is 42.5 Å². The van der Waals surface area contributed by atoms with Gasteiger partial charge in [-0.25, -0.2) is 9.18 Å². The smallest absolute Gasteiger partial charge is 0.322 e. The molecule has 0 spiro atoms. The van der Waals surface area contributed by atoms with Crippen LogP contribution in [0, 0.1) is 5.82 Å². The number of nitrogens with zero attached hydrogens (tertiary/aromatic N) is 1. The maximum Gasteiger partial charge on any atom is 0.322 e. The number of amides is 2. The molecule has 1 aliphatic rings. The number of carbonyl (C=O) groups is 1. The molecule has 2 amide bonds. The van der Waals surface area contributed by atoms with Crippen LogP contribution in [-0.4, -0.2) is 22.5 Å². The van der Waals surface area contributed by atoms with Crippen molar-refractivity contribution in [2.24, 2.45) is 0 Å². The number of anilines is 1. The summed E-state index contributed by atoms with van der Waals surface area (Å²) in [5.74, 6) is -0.324. The molecule has 0 unspecified atom stereocenters. The maximum absolute atomic E-state index is 14.9. The van der Waals surface area contributed by atoms with E-state index in [2.05, 4.69) is 32.3 Å². The summed E-state index contributed by atoms with van der Waals surface area (Å²) in [7, 11) is 0. The monoisotopic (exact) mass is 463 g/mol. The summed E-state index contributed by atoms with van der Waals surface area (Å²) in [6.45, 7) is 0.496. The van der Waals surface area contributed by atoms with E-state index in [9.17, 15) is 9.18 Å². The van der Waals surface area contributed by atoms with Crippen molar-refractivity contribution in [3.8, 4) is 0 Å². The molecule has 4 aromatic rings. The Labute approximate surface area is 181 Å². The second-order valence-electron chi connectivity index (χ2n) is 7.37. The number of rotatable bonds is 2. The number of fused-ring (bicyclic) bond motifs is 3. The molecule has 0 fully saturated rings. The fourth-order valence-electron chi connectivity index (χ4n) is 4.21. The minimum Gasteiger partial charge on any atom is -0.356 e. The molecule has 0 saturated carbocycles. The predicted octanol–water partition coefficient (Wildman–Crippen LogP) is 6.25. The van der Waals surface area contributed by atoms with Crippen LogP contribution in [-0.2, 0) is 6.42 Å². The summed E-state index contributed by atoms with van der Waals surface area (Å²) in [5, 5.41) is 4.08. The highest BCUT2D eigenvalue weighted by Gasteiger charge is 2.35. The lowest BCUT2D eigenvalue weighted by molar-refractivity contribution is 0.192. The molecule has 30 heavy (non-hydrogen) atoms. The first kappa shape index (κ1) is 18.9. The predicted molar refractivity (Wildman–Crippen MR) is 120 cm³/mol. The zero-order valence-electron chi connectivity index (χ0n) is 16.0. The van der Waals surface area contributed by atoms with Gasteiger partial charge in [-0.05, 0) is 48.4 Å². The molecule has 3 aromatic carbocycles. The lowest BCUT2D eigenvalue weighted by Gasteiger charge is -2.36. The van der Waals surface area contributed by atoms with Crippen molar-refractivity contribution in [1.82, 2.24) is 9.88 Å². The lowest BCUT2D eigenvalue weighted by atomic mass is 9.92. The van der Waals surface area contributed by atoms with E-state index in [0.29, 0.717) is 24.2 Å². The minimum absolute atomic E-state index is 0.255. The Morgan fingerprint density at radius 1 is 1.03 bits per heavy atom. The molecule has 4 nitrogen and oxygen atoms in total. The van der Waals surface area contributed by atoms with Crippen LogP contribution in [0.2, 0.25) is 0 Å². The van der Waals surface area contributed by atoms with Gasteiger partial charge in [0.15, 0.2) is 0 Å². The summed E-state index contributed by atoms with van der Waals surface area (Å²) in [6.07, 6.45) is 0.706. The van der Waals surface area contributed by atoms with Gasteiger partial charge in [0.1, 0.15) is 11.9 Å². The average Bonchev–Trinajstić information content (AvgIpc) is 3.14. The van der Waals surface area contributed by atoms with Crippen LogP contribution in [0.1, 0.15) is 22.9 Å². The third-order valence-electron chi connectivity index (χ3n) is 5.59. The highest BCUT2D eigenvalue weighted by Crippen LogP contribution is 2.39. The van der Waals surface area contributed by atoms with Crippen molar-refractivity contribution in [2.45, 2.75) is 12.5 Å². The summed E-state index contributed by atoms with van der Waals surface area (Å²) >= 11 is 3.40. The average molecular weight is 464 g/mol. The normalized spacial score (nSPS) is 15.8. The van der Waals surface area contributed by atoms with Gasteiger partial charge in [0.05, 0.1) is 0 Å². The Hall–Kier alpha value is -3.12. The van der Waals surface area contributed by atoms with Crippen LogP contribution in [0.3, 0.4) is 0 Å². The van der Waals surface area contributed by atoms with Crippen LogP contribution in [0.25, 0.3) is 10.9 Å². The van der Waals surface area contributed by atoms with Crippen molar-refractivity contribution < 1.29 is 9.18 Å². The van der Waals surface area contributed by atoms with Crippen molar-refractivity contribution in [3.63, 3.8) is 0 Å². The molecule has 0 bridgehead atoms. The van der Waals surface area contributed by atoms with Crippen molar-refractivity contribution in [3.05, 3.63) is 99.9 Å². The number of benzene rings is 3. The summed E-state index contributed by atoms with van der Waals surface area (Å²) in [4.78, 5) is 18.4. The maximum atomic E-state index is 14.9. The number of hydrogen-bond acceptors (Lipinski definition) is 1. The molecule has 150 valence electrons. The second-order valence-corrected chi connectivity index (χ2v) is 8.28. The van der Waals surface area contributed by atoms with Crippen molar-refractivity contribution in [1.29, 1.82) is 0 Å². The minimum atomic E-state index is -0.530. The van der Waals surface area contributed by atoms with E-state index in [4.69, 9.17) is 0 Å². The third kappa shape index (κ3) is 3.27. The van der Waals surface area contributed by atoms with Crippen LogP contribution in [0.15, 0.2) is 77.3 Å². The van der Waals surface area contributed by atoms with Crippen LogP contribution in [0.4, 0.5) is 14.9 Å². The molecule has 0 radical (unpaired) electrons. The number of para-hydroxylation sites is 1. The highest BCUT2D eigenvalue weighted by atomic mass is 79.9. The van der Waals surface area contributed by atoms with Gasteiger partial charge in [-0.1, -0.05) is 52.3 Å².